The second-order valence-electron chi connectivity index (χ2n) is 5.51. The Kier molecular flexibility index (Phi) is 2.77. The summed E-state index contributed by atoms with van der Waals surface area (Å²) in [5.74, 6) is -2.47. The smallest absolute Gasteiger partial charge is 0.307 e. The Hall–Kier alpha value is -2.59. The fraction of sp³-hybridized carbons (Fsp3) is 0.286. The van der Waals surface area contributed by atoms with E-state index in [4.69, 9.17) is 17.1 Å². The number of carboxylic acid groups (broad SMARTS) is 1. The SMILES string of the molecule is [2H]c1c([2H])c(C([2H])([2H])C(=O)O)c([2H])c2c1OC([2H])([2H])c1ccccc1/C2=C\CC([2H])([2H])N(C)C. The first-order valence-electron chi connectivity index (χ1n) is 12.1. The van der Waals surface area contributed by atoms with Crippen molar-refractivity contribution in [2.75, 3.05) is 20.6 Å². The van der Waals surface area contributed by atoms with Gasteiger partial charge in [0, 0.05) is 17.5 Å². The van der Waals surface area contributed by atoms with Crippen LogP contribution in [0.25, 0.3) is 5.57 Å². The minimum Gasteiger partial charge on any atom is -0.488 e. The first-order valence-corrected chi connectivity index (χ1v) is 7.58. The fourth-order valence-electron chi connectivity index (χ4n) is 2.42. The van der Waals surface area contributed by atoms with E-state index >= 15 is 0 Å². The van der Waals surface area contributed by atoms with Gasteiger partial charge in [0.25, 0.3) is 0 Å². The number of ether oxygens (including phenoxy) is 1. The Morgan fingerprint density at radius 3 is 2.96 bits per heavy atom. The number of nitrogens with zero attached hydrogens (tertiary/aromatic N) is 1. The van der Waals surface area contributed by atoms with Gasteiger partial charge in [-0.2, -0.15) is 0 Å². The molecule has 2 aromatic rings. The quantitative estimate of drug-likeness (QED) is 0.899. The maximum atomic E-state index is 11.6. The zero-order chi connectivity index (χ0) is 25.8. The van der Waals surface area contributed by atoms with Gasteiger partial charge >= 0.3 is 5.97 Å². The van der Waals surface area contributed by atoms with Crippen LogP contribution in [0.15, 0.2) is 48.5 Å². The molecule has 2 aromatic carbocycles. The highest BCUT2D eigenvalue weighted by molar-refractivity contribution is 5.85. The Balaban J connectivity index is 2.48. The summed E-state index contributed by atoms with van der Waals surface area (Å²) < 4.78 is 80.0. The molecular formula is C21H23NO3. The van der Waals surface area contributed by atoms with Crippen molar-refractivity contribution in [3.63, 3.8) is 0 Å². The van der Waals surface area contributed by atoms with Crippen molar-refractivity contribution in [2.45, 2.75) is 19.4 Å². The highest BCUT2D eigenvalue weighted by atomic mass is 16.5. The minimum atomic E-state index is -3.19. The van der Waals surface area contributed by atoms with E-state index in [1.165, 1.54) is 37.2 Å². The van der Waals surface area contributed by atoms with E-state index in [1.807, 2.05) is 0 Å². The molecule has 1 heterocycles. The van der Waals surface area contributed by atoms with E-state index in [-0.39, 0.29) is 28.7 Å². The summed E-state index contributed by atoms with van der Waals surface area (Å²) in [5, 5.41) is 9.41. The molecular weight excluding hydrogens is 314 g/mol. The minimum absolute atomic E-state index is 0.0241. The van der Waals surface area contributed by atoms with Crippen LogP contribution < -0.4 is 4.74 Å². The second-order valence-corrected chi connectivity index (χ2v) is 5.51. The summed E-state index contributed by atoms with van der Waals surface area (Å²) in [5.41, 5.74) is -0.818. The van der Waals surface area contributed by atoms with Gasteiger partial charge in [-0.05, 0) is 54.9 Å². The predicted molar refractivity (Wildman–Crippen MR) is 98.8 cm³/mol. The summed E-state index contributed by atoms with van der Waals surface area (Å²) in [7, 11) is 3.05. The third-order valence-corrected chi connectivity index (χ3v) is 3.47. The van der Waals surface area contributed by atoms with Crippen LogP contribution in [0.5, 0.6) is 5.75 Å². The van der Waals surface area contributed by atoms with Crippen LogP contribution in [0.4, 0.5) is 0 Å². The molecule has 1 aliphatic heterocycles. The van der Waals surface area contributed by atoms with Crippen molar-refractivity contribution in [2.24, 2.45) is 0 Å². The Bertz CT molecular complexity index is 1190. The Morgan fingerprint density at radius 1 is 1.40 bits per heavy atom. The highest BCUT2D eigenvalue weighted by Crippen LogP contribution is 2.37. The average Bonchev–Trinajstić information content (AvgIpc) is 2.83. The van der Waals surface area contributed by atoms with E-state index in [2.05, 4.69) is 0 Å². The molecule has 3 rings (SSSR count). The average molecular weight is 346 g/mol. The summed E-state index contributed by atoms with van der Waals surface area (Å²) in [6.45, 7) is -4.36. The van der Waals surface area contributed by atoms with Gasteiger partial charge in [0.1, 0.15) is 12.3 Å². The van der Waals surface area contributed by atoms with Crippen LogP contribution in [0.2, 0.25) is 0 Å². The predicted octanol–water partition coefficient (Wildman–Crippen LogP) is 3.59. The van der Waals surface area contributed by atoms with Crippen LogP contribution in [-0.2, 0) is 17.7 Å². The first-order chi connectivity index (χ1) is 15.5. The molecule has 4 heteroatoms. The molecule has 130 valence electrons. The van der Waals surface area contributed by atoms with E-state index in [1.54, 1.807) is 12.1 Å². The van der Waals surface area contributed by atoms with E-state index in [0.717, 1.165) is 0 Å². The van der Waals surface area contributed by atoms with Gasteiger partial charge in [0.05, 0.1) is 13.2 Å². The van der Waals surface area contributed by atoms with Crippen LogP contribution >= 0.6 is 0 Å². The lowest BCUT2D eigenvalue weighted by atomic mass is 9.92. The van der Waals surface area contributed by atoms with Gasteiger partial charge in [-0.25, -0.2) is 0 Å². The first kappa shape index (κ1) is 9.20. The molecule has 1 N–H and O–H groups in total. The Labute approximate surface area is 161 Å². The number of hydrogen-bond donors (Lipinski definition) is 1. The van der Waals surface area contributed by atoms with Crippen molar-refractivity contribution in [3.8, 4) is 5.75 Å². The van der Waals surface area contributed by atoms with Crippen LogP contribution in [0, 0.1) is 0 Å². The zero-order valence-corrected chi connectivity index (χ0v) is 13.8. The standard InChI is InChI=1S/C21H23NO3/c1-22(2)11-5-8-18-17-7-4-3-6-16(17)14-25-20-10-9-15(12-19(18)20)13-21(23)24/h3-4,6-10,12H,5,11,13-14H2,1-2H3,(H,23,24)/b18-8+/i9D,10D,11D2,12D,13D2,14D2. The number of fused-ring (bicyclic) bond motifs is 2. The summed E-state index contributed by atoms with van der Waals surface area (Å²) in [6, 6.07) is 3.68. The molecule has 0 fully saturated rings. The molecule has 25 heavy (non-hydrogen) atoms. The lowest BCUT2D eigenvalue weighted by molar-refractivity contribution is -0.136. The lowest BCUT2D eigenvalue weighted by Gasteiger charge is -2.13. The van der Waals surface area contributed by atoms with Gasteiger partial charge in [-0.3, -0.25) is 4.79 Å². The fourth-order valence-corrected chi connectivity index (χ4v) is 2.42. The molecule has 0 unspecified atom stereocenters. The molecule has 0 bridgehead atoms. The third kappa shape index (κ3) is 4.09. The normalized spacial score (nSPS) is 23.0. The molecule has 0 radical (unpaired) electrons. The zero-order valence-electron chi connectivity index (χ0n) is 22.8. The number of carboxylic acids is 1. The van der Waals surface area contributed by atoms with Crippen LogP contribution in [0.1, 0.15) is 41.0 Å². The van der Waals surface area contributed by atoms with Gasteiger partial charge < -0.3 is 14.7 Å². The monoisotopic (exact) mass is 346 g/mol. The largest absolute Gasteiger partial charge is 0.488 e. The van der Waals surface area contributed by atoms with Gasteiger partial charge in [-0.15, -0.1) is 0 Å². The summed E-state index contributed by atoms with van der Waals surface area (Å²) in [6.07, 6.45) is -2.03. The van der Waals surface area contributed by atoms with Crippen molar-refractivity contribution in [1.29, 1.82) is 0 Å². The molecule has 0 saturated carbocycles. The molecule has 4 nitrogen and oxygen atoms in total. The summed E-state index contributed by atoms with van der Waals surface area (Å²) in [4.78, 5) is 12.9. The van der Waals surface area contributed by atoms with Crippen molar-refractivity contribution in [1.82, 2.24) is 4.90 Å². The number of carbonyl (C=O) groups is 1. The maximum Gasteiger partial charge on any atom is 0.307 e. The number of hydrogen-bond acceptors (Lipinski definition) is 3. The summed E-state index contributed by atoms with van der Waals surface area (Å²) >= 11 is 0. The molecule has 0 aromatic heterocycles. The van der Waals surface area contributed by atoms with E-state index in [9.17, 15) is 9.90 Å². The lowest BCUT2D eigenvalue weighted by Crippen LogP contribution is -2.12. The van der Waals surface area contributed by atoms with Gasteiger partial charge in [0.15, 0.2) is 0 Å². The van der Waals surface area contributed by atoms with Crippen molar-refractivity contribution >= 4 is 11.5 Å². The topological polar surface area (TPSA) is 49.8 Å². The number of rotatable bonds is 5. The number of aliphatic carboxylic acids is 1. The highest BCUT2D eigenvalue weighted by Gasteiger charge is 2.19. The van der Waals surface area contributed by atoms with Crippen LogP contribution in [-0.4, -0.2) is 36.6 Å². The van der Waals surface area contributed by atoms with E-state index in [0.29, 0.717) is 0 Å². The number of benzene rings is 2. The molecule has 0 atom stereocenters. The van der Waals surface area contributed by atoms with Crippen molar-refractivity contribution in [3.05, 3.63) is 70.7 Å². The molecule has 0 spiro atoms. The third-order valence-electron chi connectivity index (χ3n) is 3.47. The van der Waals surface area contributed by atoms with Crippen molar-refractivity contribution < 1.29 is 27.0 Å². The van der Waals surface area contributed by atoms with Gasteiger partial charge in [0.2, 0.25) is 0 Å². The maximum absolute atomic E-state index is 11.6. The van der Waals surface area contributed by atoms with E-state index < -0.39 is 54.8 Å². The molecule has 0 aliphatic carbocycles. The van der Waals surface area contributed by atoms with Crippen LogP contribution in [0.3, 0.4) is 0 Å². The molecule has 0 saturated heterocycles. The second kappa shape index (κ2) is 7.53. The Morgan fingerprint density at radius 2 is 2.20 bits per heavy atom. The molecule has 1 aliphatic rings. The van der Waals surface area contributed by atoms with Gasteiger partial charge in [-0.1, -0.05) is 36.4 Å². The molecule has 0 amide bonds.